The van der Waals surface area contributed by atoms with Crippen LogP contribution in [0.3, 0.4) is 0 Å². The van der Waals surface area contributed by atoms with E-state index in [9.17, 15) is 4.79 Å². The Morgan fingerprint density at radius 2 is 1.52 bits per heavy atom. The molecule has 0 saturated carbocycles. The van der Waals surface area contributed by atoms with Crippen LogP contribution in [0.2, 0.25) is 0 Å². The molecule has 2 aliphatic heterocycles. The number of nitrogens with zero attached hydrogens (tertiary/aromatic N) is 1. The largest absolute Gasteiger partial charge is 0.381 e. The average Bonchev–Trinajstić information content (AvgIpc) is 3.05. The number of amides is 1. The van der Waals surface area contributed by atoms with Crippen LogP contribution >= 0.6 is 15.9 Å². The van der Waals surface area contributed by atoms with Crippen molar-refractivity contribution in [3.8, 4) is 0 Å². The summed E-state index contributed by atoms with van der Waals surface area (Å²) in [6.45, 7) is 3.46. The summed E-state index contributed by atoms with van der Waals surface area (Å²) in [4.78, 5) is 15.9. The Morgan fingerprint density at radius 1 is 0.897 bits per heavy atom. The molecule has 0 aliphatic carbocycles. The second-order valence-corrected chi connectivity index (χ2v) is 9.02. The summed E-state index contributed by atoms with van der Waals surface area (Å²) >= 11 is 3.49. The van der Waals surface area contributed by atoms with Crippen LogP contribution in [0, 0.1) is 0 Å². The number of ether oxygens (including phenoxy) is 1. The van der Waals surface area contributed by atoms with Gasteiger partial charge in [0.1, 0.15) is 0 Å². The molecule has 29 heavy (non-hydrogen) atoms. The van der Waals surface area contributed by atoms with Gasteiger partial charge in [0.2, 0.25) is 5.91 Å². The molecule has 2 heterocycles. The Labute approximate surface area is 181 Å². The van der Waals surface area contributed by atoms with Gasteiger partial charge in [0.15, 0.2) is 0 Å². The minimum absolute atomic E-state index is 0.0608. The number of rotatable bonds is 4. The lowest BCUT2D eigenvalue weighted by molar-refractivity contribution is -0.125. The van der Waals surface area contributed by atoms with E-state index in [-0.39, 0.29) is 5.91 Å². The number of anilines is 2. The van der Waals surface area contributed by atoms with Gasteiger partial charge < -0.3 is 15.0 Å². The van der Waals surface area contributed by atoms with E-state index >= 15 is 0 Å². The Hall–Kier alpha value is -1.85. The second-order valence-electron chi connectivity index (χ2n) is 8.10. The van der Waals surface area contributed by atoms with Crippen molar-refractivity contribution < 1.29 is 9.53 Å². The van der Waals surface area contributed by atoms with Gasteiger partial charge in [0, 0.05) is 42.2 Å². The highest BCUT2D eigenvalue weighted by molar-refractivity contribution is 9.10. The molecule has 4 nitrogen and oxygen atoms in total. The molecule has 0 radical (unpaired) electrons. The lowest BCUT2D eigenvalue weighted by Gasteiger charge is -2.36. The van der Waals surface area contributed by atoms with Crippen LogP contribution in [0.1, 0.15) is 44.1 Å². The maximum Gasteiger partial charge on any atom is 0.235 e. The molecule has 5 heteroatoms. The maximum absolute atomic E-state index is 13.4. The maximum atomic E-state index is 13.4. The summed E-state index contributed by atoms with van der Waals surface area (Å²) in [5.74, 6) is 0.0608. The lowest BCUT2D eigenvalue weighted by Crippen LogP contribution is -2.44. The molecule has 0 unspecified atom stereocenters. The summed E-state index contributed by atoms with van der Waals surface area (Å²) in [5.41, 5.74) is 2.63. The first-order valence-electron chi connectivity index (χ1n) is 10.7. The monoisotopic (exact) mass is 456 g/mol. The fraction of sp³-hybridized carbons (Fsp3) is 0.458. The van der Waals surface area contributed by atoms with E-state index < -0.39 is 5.41 Å². The molecule has 2 saturated heterocycles. The quantitative estimate of drug-likeness (QED) is 0.658. The van der Waals surface area contributed by atoms with Gasteiger partial charge >= 0.3 is 0 Å². The molecule has 2 aliphatic rings. The van der Waals surface area contributed by atoms with Gasteiger partial charge in [-0.05, 0) is 67.6 Å². The van der Waals surface area contributed by atoms with Crippen LogP contribution in [-0.2, 0) is 14.9 Å². The minimum Gasteiger partial charge on any atom is -0.381 e. The number of carbonyl (C=O) groups excluding carboxylic acids is 1. The van der Waals surface area contributed by atoms with E-state index in [1.54, 1.807) is 0 Å². The van der Waals surface area contributed by atoms with Crippen molar-refractivity contribution in [1.29, 1.82) is 0 Å². The van der Waals surface area contributed by atoms with Crippen LogP contribution in [-0.4, -0.2) is 32.2 Å². The lowest BCUT2D eigenvalue weighted by atomic mass is 9.73. The van der Waals surface area contributed by atoms with Gasteiger partial charge in [-0.3, -0.25) is 4.79 Å². The number of nitrogens with one attached hydrogen (secondary N) is 1. The van der Waals surface area contributed by atoms with Crippen LogP contribution in [0.15, 0.2) is 53.0 Å². The molecule has 0 spiro atoms. The van der Waals surface area contributed by atoms with Crippen molar-refractivity contribution >= 4 is 33.2 Å². The topological polar surface area (TPSA) is 41.6 Å². The predicted molar refractivity (Wildman–Crippen MR) is 122 cm³/mol. The SMILES string of the molecule is O=C(Nc1ccc(N2CCCCCC2)cc1)C1(c2ccc(Br)cc2)CCOCC1. The third-order valence-electron chi connectivity index (χ3n) is 6.27. The first-order valence-corrected chi connectivity index (χ1v) is 11.5. The fourth-order valence-corrected chi connectivity index (χ4v) is 4.74. The van der Waals surface area contributed by atoms with Gasteiger partial charge in [-0.1, -0.05) is 40.9 Å². The zero-order valence-electron chi connectivity index (χ0n) is 16.8. The molecule has 0 bridgehead atoms. The summed E-state index contributed by atoms with van der Waals surface area (Å²) < 4.78 is 6.59. The van der Waals surface area contributed by atoms with Crippen LogP contribution in [0.4, 0.5) is 11.4 Å². The van der Waals surface area contributed by atoms with Gasteiger partial charge in [0.25, 0.3) is 0 Å². The van der Waals surface area contributed by atoms with Gasteiger partial charge in [-0.2, -0.15) is 0 Å². The minimum atomic E-state index is -0.539. The zero-order chi connectivity index (χ0) is 20.1. The van der Waals surface area contributed by atoms with Crippen LogP contribution < -0.4 is 10.2 Å². The summed E-state index contributed by atoms with van der Waals surface area (Å²) in [6, 6.07) is 16.5. The number of carbonyl (C=O) groups is 1. The number of halogens is 1. The highest BCUT2D eigenvalue weighted by Gasteiger charge is 2.41. The van der Waals surface area contributed by atoms with E-state index in [2.05, 4.69) is 50.4 Å². The average molecular weight is 457 g/mol. The third kappa shape index (κ3) is 4.67. The molecule has 0 aromatic heterocycles. The predicted octanol–water partition coefficient (Wildman–Crippen LogP) is 5.52. The molecule has 2 fully saturated rings. The van der Waals surface area contributed by atoms with Crippen molar-refractivity contribution in [2.75, 3.05) is 36.5 Å². The fourth-order valence-electron chi connectivity index (χ4n) is 4.47. The van der Waals surface area contributed by atoms with E-state index in [0.29, 0.717) is 26.1 Å². The molecule has 1 amide bonds. The van der Waals surface area contributed by atoms with Gasteiger partial charge in [-0.25, -0.2) is 0 Å². The molecule has 1 N–H and O–H groups in total. The molecular weight excluding hydrogens is 428 g/mol. The third-order valence-corrected chi connectivity index (χ3v) is 6.80. The summed E-state index contributed by atoms with van der Waals surface area (Å²) in [5, 5.41) is 3.18. The van der Waals surface area contributed by atoms with E-state index in [0.717, 1.165) is 28.8 Å². The smallest absolute Gasteiger partial charge is 0.235 e. The number of hydrogen-bond donors (Lipinski definition) is 1. The Bertz CT molecular complexity index is 806. The Morgan fingerprint density at radius 3 is 2.14 bits per heavy atom. The van der Waals surface area contributed by atoms with Crippen molar-refractivity contribution in [1.82, 2.24) is 0 Å². The van der Waals surface area contributed by atoms with Gasteiger partial charge in [0.05, 0.1) is 5.41 Å². The standard InChI is InChI=1S/C24H29BrN2O2/c25-20-7-5-19(6-8-20)24(13-17-29-18-14-24)23(28)26-21-9-11-22(12-10-21)27-15-3-1-2-4-16-27/h5-12H,1-4,13-18H2,(H,26,28). The summed E-state index contributed by atoms with van der Waals surface area (Å²) in [6.07, 6.45) is 6.57. The van der Waals surface area contributed by atoms with E-state index in [1.165, 1.54) is 31.4 Å². The highest BCUT2D eigenvalue weighted by atomic mass is 79.9. The molecule has 0 atom stereocenters. The molecule has 154 valence electrons. The van der Waals surface area contributed by atoms with Crippen molar-refractivity contribution in [3.05, 3.63) is 58.6 Å². The Kier molecular flexibility index (Phi) is 6.56. The van der Waals surface area contributed by atoms with E-state index in [1.807, 2.05) is 24.3 Å². The van der Waals surface area contributed by atoms with Crippen LogP contribution in [0.5, 0.6) is 0 Å². The Balaban J connectivity index is 1.51. The van der Waals surface area contributed by atoms with Crippen LogP contribution in [0.25, 0.3) is 0 Å². The summed E-state index contributed by atoms with van der Waals surface area (Å²) in [7, 11) is 0. The first kappa shape index (κ1) is 20.4. The second kappa shape index (κ2) is 9.31. The van der Waals surface area contributed by atoms with Gasteiger partial charge in [-0.15, -0.1) is 0 Å². The molecular formula is C24H29BrN2O2. The van der Waals surface area contributed by atoms with Crippen molar-refractivity contribution in [2.45, 2.75) is 43.9 Å². The normalized spacial score (nSPS) is 19.4. The molecule has 4 rings (SSSR count). The highest BCUT2D eigenvalue weighted by Crippen LogP contribution is 2.37. The molecule has 2 aromatic carbocycles. The van der Waals surface area contributed by atoms with Crippen molar-refractivity contribution in [2.24, 2.45) is 0 Å². The number of benzene rings is 2. The zero-order valence-corrected chi connectivity index (χ0v) is 18.4. The number of hydrogen-bond acceptors (Lipinski definition) is 3. The first-order chi connectivity index (χ1) is 14.2. The molecule has 2 aromatic rings. The van der Waals surface area contributed by atoms with Crippen molar-refractivity contribution in [3.63, 3.8) is 0 Å². The van der Waals surface area contributed by atoms with E-state index in [4.69, 9.17) is 4.74 Å².